The van der Waals surface area contributed by atoms with Crippen molar-refractivity contribution < 1.29 is 9.90 Å². The molecule has 0 saturated heterocycles. The number of thiophene rings is 1. The van der Waals surface area contributed by atoms with Crippen LogP contribution >= 0.6 is 11.3 Å². The Morgan fingerprint density at radius 1 is 1.62 bits per heavy atom. The number of hydrogen-bond acceptors (Lipinski definition) is 3. The first-order valence-corrected chi connectivity index (χ1v) is 6.41. The third-order valence-corrected chi connectivity index (χ3v) is 3.82. The molecule has 0 spiro atoms. The van der Waals surface area contributed by atoms with Gasteiger partial charge in [-0.3, -0.25) is 9.69 Å². The molecule has 0 fully saturated rings. The summed E-state index contributed by atoms with van der Waals surface area (Å²) in [7, 11) is 0. The molecule has 16 heavy (non-hydrogen) atoms. The molecular formula is C12H19NO2S. The first-order chi connectivity index (χ1) is 7.54. The van der Waals surface area contributed by atoms with Crippen molar-refractivity contribution in [3.8, 4) is 0 Å². The minimum absolute atomic E-state index is 0.0870. The molecule has 0 saturated carbocycles. The van der Waals surface area contributed by atoms with Gasteiger partial charge in [-0.1, -0.05) is 6.92 Å². The Morgan fingerprint density at radius 3 is 2.75 bits per heavy atom. The molecule has 0 aliphatic carbocycles. The Labute approximate surface area is 101 Å². The molecule has 1 rings (SSSR count). The molecule has 0 amide bonds. The van der Waals surface area contributed by atoms with Crippen molar-refractivity contribution in [1.82, 2.24) is 4.90 Å². The average molecular weight is 241 g/mol. The summed E-state index contributed by atoms with van der Waals surface area (Å²) in [5, 5.41) is 10.9. The first-order valence-electron chi connectivity index (χ1n) is 5.53. The van der Waals surface area contributed by atoms with Gasteiger partial charge in [-0.05, 0) is 37.4 Å². The van der Waals surface area contributed by atoms with E-state index in [2.05, 4.69) is 30.2 Å². The monoisotopic (exact) mass is 241 g/mol. The van der Waals surface area contributed by atoms with Crippen molar-refractivity contribution in [1.29, 1.82) is 0 Å². The van der Waals surface area contributed by atoms with Crippen molar-refractivity contribution in [2.75, 3.05) is 6.54 Å². The van der Waals surface area contributed by atoms with Crippen molar-refractivity contribution in [2.24, 2.45) is 0 Å². The lowest BCUT2D eigenvalue weighted by Crippen LogP contribution is -2.34. The van der Waals surface area contributed by atoms with Crippen LogP contribution in [0, 0.1) is 6.92 Å². The van der Waals surface area contributed by atoms with Gasteiger partial charge in [-0.15, -0.1) is 11.3 Å². The van der Waals surface area contributed by atoms with Crippen LogP contribution in [0.1, 0.15) is 30.7 Å². The van der Waals surface area contributed by atoms with E-state index < -0.39 is 5.97 Å². The fraction of sp³-hybridized carbons (Fsp3) is 0.583. The maximum Gasteiger partial charge on any atom is 0.304 e. The molecular weight excluding hydrogens is 222 g/mol. The fourth-order valence-electron chi connectivity index (χ4n) is 1.71. The summed E-state index contributed by atoms with van der Waals surface area (Å²) < 4.78 is 0. The van der Waals surface area contributed by atoms with Gasteiger partial charge in [0.2, 0.25) is 0 Å². The third-order valence-electron chi connectivity index (χ3n) is 2.81. The van der Waals surface area contributed by atoms with Crippen molar-refractivity contribution >= 4 is 17.3 Å². The lowest BCUT2D eigenvalue weighted by molar-refractivity contribution is -0.138. The third kappa shape index (κ3) is 3.61. The second-order valence-electron chi connectivity index (χ2n) is 4.04. The van der Waals surface area contributed by atoms with Crippen LogP contribution in [0.25, 0.3) is 0 Å². The molecule has 0 aromatic carbocycles. The summed E-state index contributed by atoms with van der Waals surface area (Å²) in [5.74, 6) is -0.728. The molecule has 1 unspecified atom stereocenters. The van der Waals surface area contributed by atoms with Gasteiger partial charge in [0.1, 0.15) is 0 Å². The Kier molecular flexibility index (Phi) is 4.96. The second kappa shape index (κ2) is 6.01. The first kappa shape index (κ1) is 13.2. The molecule has 1 heterocycles. The van der Waals surface area contributed by atoms with Crippen molar-refractivity contribution in [2.45, 2.75) is 39.8 Å². The normalized spacial score (nSPS) is 13.0. The standard InChI is InChI=1S/C12H19NO2S/c1-4-13(10(3)7-12(14)15)8-11-9(2)5-6-16-11/h5-6,10H,4,7-8H2,1-3H3,(H,14,15). The van der Waals surface area contributed by atoms with E-state index in [0.717, 1.165) is 13.1 Å². The molecule has 1 aromatic rings. The molecule has 1 aromatic heterocycles. The summed E-state index contributed by atoms with van der Waals surface area (Å²) in [6.07, 6.45) is 0.207. The maximum absolute atomic E-state index is 10.7. The molecule has 0 aliphatic heterocycles. The second-order valence-corrected chi connectivity index (χ2v) is 5.04. The predicted octanol–water partition coefficient (Wildman–Crippen LogP) is 2.74. The number of aliphatic carboxylic acids is 1. The molecule has 3 nitrogen and oxygen atoms in total. The van der Waals surface area contributed by atoms with Gasteiger partial charge in [-0.2, -0.15) is 0 Å². The molecule has 4 heteroatoms. The largest absolute Gasteiger partial charge is 0.481 e. The van der Waals surface area contributed by atoms with E-state index in [9.17, 15) is 4.79 Å². The number of carboxylic acid groups (broad SMARTS) is 1. The SMILES string of the molecule is CCN(Cc1sccc1C)C(C)CC(=O)O. The van der Waals surface area contributed by atoms with E-state index in [0.29, 0.717) is 0 Å². The zero-order valence-electron chi connectivity index (χ0n) is 10.1. The number of hydrogen-bond donors (Lipinski definition) is 1. The van der Waals surface area contributed by atoms with E-state index >= 15 is 0 Å². The summed E-state index contributed by atoms with van der Waals surface area (Å²) in [6.45, 7) is 7.88. The number of aryl methyl sites for hydroxylation is 1. The van der Waals surface area contributed by atoms with E-state index in [1.54, 1.807) is 11.3 Å². The highest BCUT2D eigenvalue weighted by atomic mass is 32.1. The summed E-state index contributed by atoms with van der Waals surface area (Å²) >= 11 is 1.74. The van der Waals surface area contributed by atoms with Crippen LogP contribution in [0.15, 0.2) is 11.4 Å². The number of carbonyl (C=O) groups is 1. The average Bonchev–Trinajstić information content (AvgIpc) is 2.59. The summed E-state index contributed by atoms with van der Waals surface area (Å²) in [4.78, 5) is 14.2. The molecule has 90 valence electrons. The molecule has 0 bridgehead atoms. The summed E-state index contributed by atoms with van der Waals surface area (Å²) in [5.41, 5.74) is 1.30. The Morgan fingerprint density at radius 2 is 2.31 bits per heavy atom. The Balaban J connectivity index is 2.61. The van der Waals surface area contributed by atoms with Gasteiger partial charge >= 0.3 is 5.97 Å². The van der Waals surface area contributed by atoms with E-state index in [1.807, 2.05) is 6.92 Å². The van der Waals surface area contributed by atoms with E-state index in [-0.39, 0.29) is 12.5 Å². The highest BCUT2D eigenvalue weighted by molar-refractivity contribution is 7.10. The minimum Gasteiger partial charge on any atom is -0.481 e. The van der Waals surface area contributed by atoms with E-state index in [1.165, 1.54) is 10.4 Å². The maximum atomic E-state index is 10.7. The minimum atomic E-state index is -0.728. The predicted molar refractivity (Wildman–Crippen MR) is 66.9 cm³/mol. The smallest absolute Gasteiger partial charge is 0.304 e. The fourth-order valence-corrected chi connectivity index (χ4v) is 2.64. The Hall–Kier alpha value is -0.870. The van der Waals surface area contributed by atoms with Gasteiger partial charge in [-0.25, -0.2) is 0 Å². The highest BCUT2D eigenvalue weighted by Crippen LogP contribution is 2.19. The van der Waals surface area contributed by atoms with Gasteiger partial charge in [0.25, 0.3) is 0 Å². The lowest BCUT2D eigenvalue weighted by atomic mass is 10.2. The highest BCUT2D eigenvalue weighted by Gasteiger charge is 2.16. The number of rotatable bonds is 6. The van der Waals surface area contributed by atoms with Crippen LogP contribution in [-0.4, -0.2) is 28.6 Å². The van der Waals surface area contributed by atoms with Crippen molar-refractivity contribution in [3.05, 3.63) is 21.9 Å². The van der Waals surface area contributed by atoms with Crippen LogP contribution in [-0.2, 0) is 11.3 Å². The van der Waals surface area contributed by atoms with Crippen LogP contribution in [0.2, 0.25) is 0 Å². The molecule has 1 N–H and O–H groups in total. The zero-order chi connectivity index (χ0) is 12.1. The van der Waals surface area contributed by atoms with Gasteiger partial charge in [0.05, 0.1) is 6.42 Å². The number of nitrogens with zero attached hydrogens (tertiary/aromatic N) is 1. The van der Waals surface area contributed by atoms with E-state index in [4.69, 9.17) is 5.11 Å². The topological polar surface area (TPSA) is 40.5 Å². The quantitative estimate of drug-likeness (QED) is 0.832. The van der Waals surface area contributed by atoms with Crippen LogP contribution in [0.3, 0.4) is 0 Å². The van der Waals surface area contributed by atoms with Gasteiger partial charge in [0.15, 0.2) is 0 Å². The van der Waals surface area contributed by atoms with Crippen LogP contribution in [0.5, 0.6) is 0 Å². The summed E-state index contributed by atoms with van der Waals surface area (Å²) in [6, 6.07) is 2.19. The molecule has 0 radical (unpaired) electrons. The van der Waals surface area contributed by atoms with Crippen LogP contribution in [0.4, 0.5) is 0 Å². The molecule has 1 atom stereocenters. The van der Waals surface area contributed by atoms with Gasteiger partial charge < -0.3 is 5.11 Å². The molecule has 0 aliphatic rings. The van der Waals surface area contributed by atoms with Crippen molar-refractivity contribution in [3.63, 3.8) is 0 Å². The lowest BCUT2D eigenvalue weighted by Gasteiger charge is -2.26. The zero-order valence-corrected chi connectivity index (χ0v) is 10.9. The van der Waals surface area contributed by atoms with Crippen LogP contribution < -0.4 is 0 Å². The Bertz CT molecular complexity index is 349. The number of carboxylic acids is 1. The van der Waals surface area contributed by atoms with Gasteiger partial charge in [0, 0.05) is 17.5 Å².